The maximum absolute atomic E-state index is 6.18. The predicted molar refractivity (Wildman–Crippen MR) is 95.8 cm³/mol. The van der Waals surface area contributed by atoms with Crippen molar-refractivity contribution in [3.63, 3.8) is 0 Å². The van der Waals surface area contributed by atoms with Crippen LogP contribution in [0.5, 0.6) is 0 Å². The summed E-state index contributed by atoms with van der Waals surface area (Å²) < 4.78 is 0.863. The van der Waals surface area contributed by atoms with E-state index in [1.807, 2.05) is 12.1 Å². The number of thiophene rings is 1. The van der Waals surface area contributed by atoms with Crippen LogP contribution in [0.15, 0.2) is 18.2 Å². The van der Waals surface area contributed by atoms with Gasteiger partial charge in [0.2, 0.25) is 0 Å². The van der Waals surface area contributed by atoms with Gasteiger partial charge in [-0.25, -0.2) is 9.97 Å². The highest BCUT2D eigenvalue weighted by Gasteiger charge is 2.28. The number of nitrogens with zero attached hydrogens (tertiary/aromatic N) is 4. The highest BCUT2D eigenvalue weighted by atomic mass is 35.5. The van der Waals surface area contributed by atoms with Crippen LogP contribution in [0.3, 0.4) is 0 Å². The standard InChI is InChI=1S/C16H18Cl2N4S/c17-13-9-15(20-16(19-13)11-1-2-11)22-7-5-21(6-8-22)10-12-3-4-14(18)23-12/h3-4,9,11H,1-2,5-8,10H2. The largest absolute Gasteiger partial charge is 0.354 e. The second kappa shape index (κ2) is 6.55. The summed E-state index contributed by atoms with van der Waals surface area (Å²) in [6.45, 7) is 4.96. The molecule has 0 amide bonds. The van der Waals surface area contributed by atoms with Crippen LogP contribution in [0.4, 0.5) is 5.82 Å². The number of hydrogen-bond acceptors (Lipinski definition) is 5. The summed E-state index contributed by atoms with van der Waals surface area (Å²) in [5.41, 5.74) is 0. The summed E-state index contributed by atoms with van der Waals surface area (Å²) in [6.07, 6.45) is 2.38. The lowest BCUT2D eigenvalue weighted by Gasteiger charge is -2.35. The Morgan fingerprint density at radius 1 is 1.09 bits per heavy atom. The van der Waals surface area contributed by atoms with Gasteiger partial charge >= 0.3 is 0 Å². The van der Waals surface area contributed by atoms with Crippen molar-refractivity contribution in [2.75, 3.05) is 31.1 Å². The zero-order chi connectivity index (χ0) is 15.8. The second-order valence-electron chi connectivity index (χ2n) is 6.15. The lowest BCUT2D eigenvalue weighted by Crippen LogP contribution is -2.46. The molecular formula is C16H18Cl2N4S. The van der Waals surface area contributed by atoms with Gasteiger partial charge in [-0.3, -0.25) is 4.90 Å². The van der Waals surface area contributed by atoms with E-state index >= 15 is 0 Å². The quantitative estimate of drug-likeness (QED) is 0.762. The van der Waals surface area contributed by atoms with Crippen LogP contribution in [0, 0.1) is 0 Å². The lowest BCUT2D eigenvalue weighted by atomic mass is 10.3. The maximum Gasteiger partial charge on any atom is 0.135 e. The molecule has 4 rings (SSSR count). The predicted octanol–water partition coefficient (Wildman–Crippen LogP) is 4.04. The van der Waals surface area contributed by atoms with E-state index in [1.54, 1.807) is 11.3 Å². The third-order valence-corrected chi connectivity index (χ3v) is 5.76. The minimum atomic E-state index is 0.525. The first kappa shape index (κ1) is 15.6. The Morgan fingerprint density at radius 2 is 1.87 bits per heavy atom. The Kier molecular flexibility index (Phi) is 4.46. The molecule has 0 spiro atoms. The third-order valence-electron chi connectivity index (χ3n) is 4.35. The third kappa shape index (κ3) is 3.79. The van der Waals surface area contributed by atoms with E-state index in [0.717, 1.165) is 48.7 Å². The summed E-state index contributed by atoms with van der Waals surface area (Å²) >= 11 is 13.9. The minimum absolute atomic E-state index is 0.525. The van der Waals surface area contributed by atoms with Gasteiger partial charge in [-0.05, 0) is 25.0 Å². The van der Waals surface area contributed by atoms with Gasteiger partial charge in [-0.2, -0.15) is 0 Å². The molecule has 0 unspecified atom stereocenters. The minimum Gasteiger partial charge on any atom is -0.354 e. The van der Waals surface area contributed by atoms with E-state index in [2.05, 4.69) is 20.9 Å². The van der Waals surface area contributed by atoms with Crippen molar-refractivity contribution in [1.29, 1.82) is 0 Å². The Hall–Kier alpha value is -0.880. The van der Waals surface area contributed by atoms with E-state index in [-0.39, 0.29) is 0 Å². The van der Waals surface area contributed by atoms with Crippen molar-refractivity contribution >= 4 is 40.4 Å². The first-order valence-corrected chi connectivity index (χ1v) is 9.50. The molecule has 0 radical (unpaired) electrons. The van der Waals surface area contributed by atoms with Crippen LogP contribution >= 0.6 is 34.5 Å². The van der Waals surface area contributed by atoms with Crippen LogP contribution in [-0.4, -0.2) is 41.0 Å². The molecule has 4 nitrogen and oxygen atoms in total. The van der Waals surface area contributed by atoms with Gasteiger partial charge < -0.3 is 4.90 Å². The fraction of sp³-hybridized carbons (Fsp3) is 0.500. The highest BCUT2D eigenvalue weighted by Crippen LogP contribution is 2.39. The average Bonchev–Trinajstić information content (AvgIpc) is 3.31. The molecule has 0 atom stereocenters. The number of anilines is 1. The Labute approximate surface area is 150 Å². The normalized spacial score (nSPS) is 19.3. The Morgan fingerprint density at radius 3 is 2.52 bits per heavy atom. The fourth-order valence-electron chi connectivity index (χ4n) is 2.90. The van der Waals surface area contributed by atoms with E-state index in [9.17, 15) is 0 Å². The number of aromatic nitrogens is 2. The number of piperazine rings is 1. The molecule has 2 aliphatic rings. The van der Waals surface area contributed by atoms with Crippen LogP contribution < -0.4 is 4.90 Å². The van der Waals surface area contributed by atoms with Gasteiger partial charge in [-0.1, -0.05) is 23.2 Å². The summed E-state index contributed by atoms with van der Waals surface area (Å²) in [6, 6.07) is 5.98. The topological polar surface area (TPSA) is 32.3 Å². The van der Waals surface area contributed by atoms with E-state index in [4.69, 9.17) is 28.2 Å². The molecule has 0 N–H and O–H groups in total. The molecule has 122 valence electrons. The van der Waals surface area contributed by atoms with E-state index in [0.29, 0.717) is 11.1 Å². The maximum atomic E-state index is 6.18. The molecule has 1 saturated heterocycles. The molecule has 0 aromatic carbocycles. The van der Waals surface area contributed by atoms with Crippen LogP contribution in [-0.2, 0) is 6.54 Å². The van der Waals surface area contributed by atoms with Crippen molar-refractivity contribution in [3.05, 3.63) is 38.4 Å². The van der Waals surface area contributed by atoms with Crippen molar-refractivity contribution < 1.29 is 0 Å². The molecule has 3 heterocycles. The van der Waals surface area contributed by atoms with Gasteiger partial charge in [0.1, 0.15) is 16.8 Å². The summed E-state index contributed by atoms with van der Waals surface area (Å²) in [5, 5.41) is 0.563. The second-order valence-corrected chi connectivity index (χ2v) is 8.34. The van der Waals surface area contributed by atoms with Gasteiger partial charge in [0.05, 0.1) is 4.34 Å². The van der Waals surface area contributed by atoms with Gasteiger partial charge in [-0.15, -0.1) is 11.3 Å². The molecule has 2 fully saturated rings. The fourth-order valence-corrected chi connectivity index (χ4v) is 4.22. The summed E-state index contributed by atoms with van der Waals surface area (Å²) in [5.74, 6) is 2.42. The first-order chi connectivity index (χ1) is 11.2. The zero-order valence-corrected chi connectivity index (χ0v) is 15.0. The lowest BCUT2D eigenvalue weighted by molar-refractivity contribution is 0.251. The summed E-state index contributed by atoms with van der Waals surface area (Å²) in [4.78, 5) is 15.2. The molecule has 1 saturated carbocycles. The average molecular weight is 369 g/mol. The number of hydrogen-bond donors (Lipinski definition) is 0. The molecule has 2 aromatic rings. The van der Waals surface area contributed by atoms with Gasteiger partial charge in [0.25, 0.3) is 0 Å². The molecule has 7 heteroatoms. The van der Waals surface area contributed by atoms with Crippen molar-refractivity contribution in [2.24, 2.45) is 0 Å². The van der Waals surface area contributed by atoms with Crippen molar-refractivity contribution in [1.82, 2.24) is 14.9 Å². The molecule has 23 heavy (non-hydrogen) atoms. The number of halogens is 2. The highest BCUT2D eigenvalue weighted by molar-refractivity contribution is 7.16. The van der Waals surface area contributed by atoms with Gasteiger partial charge in [0.15, 0.2) is 0 Å². The number of rotatable bonds is 4. The molecule has 2 aromatic heterocycles. The zero-order valence-electron chi connectivity index (χ0n) is 12.7. The van der Waals surface area contributed by atoms with Crippen molar-refractivity contribution in [2.45, 2.75) is 25.3 Å². The van der Waals surface area contributed by atoms with Crippen LogP contribution in [0.25, 0.3) is 0 Å². The summed E-state index contributed by atoms with van der Waals surface area (Å²) in [7, 11) is 0. The Bertz CT molecular complexity index is 693. The van der Waals surface area contributed by atoms with Crippen molar-refractivity contribution in [3.8, 4) is 0 Å². The van der Waals surface area contributed by atoms with E-state index < -0.39 is 0 Å². The molecular weight excluding hydrogens is 351 g/mol. The van der Waals surface area contributed by atoms with E-state index in [1.165, 1.54) is 17.7 Å². The molecule has 1 aliphatic heterocycles. The van der Waals surface area contributed by atoms with Crippen LogP contribution in [0.2, 0.25) is 9.49 Å². The monoisotopic (exact) mass is 368 g/mol. The Balaban J connectivity index is 1.39. The molecule has 1 aliphatic carbocycles. The smallest absolute Gasteiger partial charge is 0.135 e. The van der Waals surface area contributed by atoms with Crippen LogP contribution in [0.1, 0.15) is 29.5 Å². The van der Waals surface area contributed by atoms with Gasteiger partial charge in [0, 0.05) is 49.6 Å². The molecule has 0 bridgehead atoms. The first-order valence-electron chi connectivity index (χ1n) is 7.93. The SMILES string of the molecule is Clc1cc(N2CCN(Cc3ccc(Cl)s3)CC2)nc(C2CC2)n1.